The first-order valence-electron chi connectivity index (χ1n) is 11.7. The zero-order chi connectivity index (χ0) is 24.2. The third-order valence-corrected chi connectivity index (χ3v) is 6.20. The molecule has 34 heavy (non-hydrogen) atoms. The van der Waals surface area contributed by atoms with E-state index in [0.717, 1.165) is 29.8 Å². The molecule has 0 saturated carbocycles. The van der Waals surface area contributed by atoms with E-state index in [1.54, 1.807) is 6.07 Å². The Morgan fingerprint density at radius 2 is 2.21 bits per heavy atom. The van der Waals surface area contributed by atoms with Gasteiger partial charge in [-0.05, 0) is 56.0 Å². The molecule has 1 aliphatic heterocycles. The van der Waals surface area contributed by atoms with Crippen LogP contribution in [0.15, 0.2) is 46.5 Å². The van der Waals surface area contributed by atoms with Crippen molar-refractivity contribution in [1.29, 1.82) is 5.26 Å². The van der Waals surface area contributed by atoms with Crippen molar-refractivity contribution in [1.82, 2.24) is 4.90 Å². The van der Waals surface area contributed by atoms with Crippen LogP contribution in [0.3, 0.4) is 0 Å². The summed E-state index contributed by atoms with van der Waals surface area (Å²) in [4.78, 5) is 23.8. The van der Waals surface area contributed by atoms with Crippen LogP contribution in [0.4, 0.5) is 0 Å². The first-order chi connectivity index (χ1) is 16.4. The summed E-state index contributed by atoms with van der Waals surface area (Å²) in [6, 6.07) is 14.0. The Hall–Kier alpha value is -3.66. The van der Waals surface area contributed by atoms with Crippen LogP contribution in [0.5, 0.6) is 5.75 Å². The summed E-state index contributed by atoms with van der Waals surface area (Å²) < 4.78 is 5.74. The number of Topliss-reactive ketones (excluding diaryl/α,β-unsaturated/α-hetero) is 1. The van der Waals surface area contributed by atoms with Crippen LogP contribution >= 0.6 is 0 Å². The molecule has 2 aromatic rings. The predicted molar refractivity (Wildman–Crippen MR) is 131 cm³/mol. The van der Waals surface area contributed by atoms with Gasteiger partial charge in [0.05, 0.1) is 18.2 Å². The molecule has 1 aliphatic carbocycles. The Labute approximate surface area is 200 Å². The highest BCUT2D eigenvalue weighted by atomic mass is 16.7. The molecule has 176 valence electrons. The lowest BCUT2D eigenvalue weighted by Crippen LogP contribution is -2.27. The van der Waals surface area contributed by atoms with Crippen molar-refractivity contribution in [2.24, 2.45) is 10.1 Å². The smallest absolute Gasteiger partial charge is 0.227 e. The lowest BCUT2D eigenvalue weighted by Gasteiger charge is -2.22. The number of aliphatic imine (C=N–C) groups is 1. The Balaban J connectivity index is 1.55. The number of ketones is 1. The molecule has 0 fully saturated rings. The van der Waals surface area contributed by atoms with Gasteiger partial charge in [0.2, 0.25) is 6.23 Å². The van der Waals surface area contributed by atoms with Crippen LogP contribution in [0.1, 0.15) is 73.6 Å². The highest BCUT2D eigenvalue weighted by molar-refractivity contribution is 6.01. The highest BCUT2D eigenvalue weighted by Crippen LogP contribution is 2.37. The maximum Gasteiger partial charge on any atom is 0.227 e. The second-order valence-corrected chi connectivity index (χ2v) is 8.92. The van der Waals surface area contributed by atoms with E-state index in [4.69, 9.17) is 9.57 Å². The molecule has 0 spiro atoms. The van der Waals surface area contributed by atoms with Crippen LogP contribution in [0, 0.1) is 11.3 Å². The number of carbonyl (C=O) groups is 1. The average molecular weight is 459 g/mol. The molecule has 2 aromatic carbocycles. The lowest BCUT2D eigenvalue weighted by molar-refractivity contribution is -0.117. The summed E-state index contributed by atoms with van der Waals surface area (Å²) in [6.45, 7) is 5.97. The van der Waals surface area contributed by atoms with Gasteiger partial charge in [-0.15, -0.1) is 0 Å². The molecule has 0 radical (unpaired) electrons. The first-order valence-corrected chi connectivity index (χ1v) is 11.7. The number of nitriles is 1. The number of hydrogen-bond donors (Lipinski definition) is 0. The van der Waals surface area contributed by atoms with Gasteiger partial charge in [-0.3, -0.25) is 9.79 Å². The summed E-state index contributed by atoms with van der Waals surface area (Å²) in [5.41, 5.74) is 4.83. The number of fused-ring (bicyclic) bond motifs is 1. The second kappa shape index (κ2) is 10.1. The molecule has 7 heteroatoms. The molecule has 7 nitrogen and oxygen atoms in total. The van der Waals surface area contributed by atoms with E-state index in [-0.39, 0.29) is 24.3 Å². The SMILES string of the molecule is CCC(=O)CN=CC1CCc2c(C3=NOC(c4ccc(OC(C)C)c(C#N)c4)N3C)cccc21. The molecule has 1 heterocycles. The fraction of sp³-hybridized carbons (Fsp3) is 0.407. The zero-order valence-electron chi connectivity index (χ0n) is 20.1. The van der Waals surface area contributed by atoms with Gasteiger partial charge in [-0.2, -0.15) is 5.26 Å². The summed E-state index contributed by atoms with van der Waals surface area (Å²) in [5, 5.41) is 14.0. The van der Waals surface area contributed by atoms with Gasteiger partial charge in [0.15, 0.2) is 11.6 Å². The summed E-state index contributed by atoms with van der Waals surface area (Å²) >= 11 is 0. The molecule has 0 N–H and O–H groups in total. The molecule has 0 saturated heterocycles. The number of amidine groups is 1. The second-order valence-electron chi connectivity index (χ2n) is 8.92. The fourth-order valence-corrected chi connectivity index (χ4v) is 4.46. The summed E-state index contributed by atoms with van der Waals surface area (Å²) in [7, 11) is 1.95. The highest BCUT2D eigenvalue weighted by Gasteiger charge is 2.33. The van der Waals surface area contributed by atoms with E-state index in [9.17, 15) is 10.1 Å². The van der Waals surface area contributed by atoms with Gasteiger partial charge in [0.1, 0.15) is 11.8 Å². The quantitative estimate of drug-likeness (QED) is 0.533. The van der Waals surface area contributed by atoms with Crippen molar-refractivity contribution in [3.8, 4) is 11.8 Å². The number of benzene rings is 2. The summed E-state index contributed by atoms with van der Waals surface area (Å²) in [6.07, 6.45) is 3.87. The number of ether oxygens (including phenoxy) is 1. The van der Waals surface area contributed by atoms with E-state index < -0.39 is 6.23 Å². The Bertz CT molecular complexity index is 1180. The number of rotatable bonds is 8. The van der Waals surface area contributed by atoms with Crippen LogP contribution in [0.25, 0.3) is 0 Å². The van der Waals surface area contributed by atoms with Gasteiger partial charge in [0.25, 0.3) is 0 Å². The molecular weight excluding hydrogens is 428 g/mol. The van der Waals surface area contributed by atoms with E-state index in [1.165, 1.54) is 11.1 Å². The number of oxime groups is 1. The zero-order valence-corrected chi connectivity index (χ0v) is 20.1. The third-order valence-electron chi connectivity index (χ3n) is 6.20. The van der Waals surface area contributed by atoms with Gasteiger partial charge >= 0.3 is 0 Å². The van der Waals surface area contributed by atoms with Crippen LogP contribution in [0.2, 0.25) is 0 Å². The maximum absolute atomic E-state index is 11.6. The van der Waals surface area contributed by atoms with Crippen molar-refractivity contribution in [3.05, 3.63) is 64.2 Å². The van der Waals surface area contributed by atoms with Gasteiger partial charge in [-0.1, -0.05) is 30.3 Å². The Kier molecular flexibility index (Phi) is 6.97. The van der Waals surface area contributed by atoms with E-state index in [0.29, 0.717) is 17.7 Å². The fourth-order valence-electron chi connectivity index (χ4n) is 4.46. The van der Waals surface area contributed by atoms with Crippen molar-refractivity contribution < 1.29 is 14.4 Å². The molecule has 0 amide bonds. The minimum absolute atomic E-state index is 0.0144. The number of nitrogens with zero attached hydrogens (tertiary/aromatic N) is 4. The Morgan fingerprint density at radius 1 is 1.38 bits per heavy atom. The molecule has 0 aromatic heterocycles. The third kappa shape index (κ3) is 4.67. The number of carbonyl (C=O) groups excluding carboxylic acids is 1. The van der Waals surface area contributed by atoms with Crippen LogP contribution in [-0.2, 0) is 16.1 Å². The normalized spacial score (nSPS) is 19.2. The van der Waals surface area contributed by atoms with Gasteiger partial charge in [0, 0.05) is 36.7 Å². The van der Waals surface area contributed by atoms with Crippen molar-refractivity contribution in [2.45, 2.75) is 58.3 Å². The van der Waals surface area contributed by atoms with E-state index in [2.05, 4.69) is 28.4 Å². The monoisotopic (exact) mass is 458 g/mol. The molecule has 2 unspecified atom stereocenters. The Morgan fingerprint density at radius 3 is 2.94 bits per heavy atom. The molecule has 0 bridgehead atoms. The van der Waals surface area contributed by atoms with Crippen LogP contribution < -0.4 is 4.74 Å². The standard InChI is InChI=1S/C27H30N4O3/c1-5-21(32)16-29-15-19-9-11-23-22(19)7-6-8-24(23)26-30-34-27(31(26)4)18-10-12-25(33-17(2)3)20(13-18)14-28/h6-8,10,12-13,15,17,19,27H,5,9,11,16H2,1-4H3. The maximum atomic E-state index is 11.6. The largest absolute Gasteiger partial charge is 0.490 e. The minimum Gasteiger partial charge on any atom is -0.490 e. The molecule has 4 rings (SSSR count). The van der Waals surface area contributed by atoms with Crippen molar-refractivity contribution >= 4 is 17.8 Å². The first kappa shape index (κ1) is 23.5. The lowest BCUT2D eigenvalue weighted by atomic mass is 9.98. The van der Waals surface area contributed by atoms with Crippen LogP contribution in [-0.4, -0.2) is 42.4 Å². The number of hydrogen-bond acceptors (Lipinski definition) is 7. The topological polar surface area (TPSA) is 87.3 Å². The van der Waals surface area contributed by atoms with E-state index >= 15 is 0 Å². The predicted octanol–water partition coefficient (Wildman–Crippen LogP) is 4.75. The van der Waals surface area contributed by atoms with Gasteiger partial charge < -0.3 is 14.5 Å². The average Bonchev–Trinajstić information content (AvgIpc) is 3.42. The van der Waals surface area contributed by atoms with Gasteiger partial charge in [-0.25, -0.2) is 0 Å². The van der Waals surface area contributed by atoms with E-state index in [1.807, 2.05) is 57.1 Å². The minimum atomic E-state index is -0.426. The van der Waals surface area contributed by atoms with Crippen molar-refractivity contribution in [3.63, 3.8) is 0 Å². The summed E-state index contributed by atoms with van der Waals surface area (Å²) in [5.74, 6) is 1.69. The molecular formula is C27H30N4O3. The molecule has 2 atom stereocenters. The van der Waals surface area contributed by atoms with Crippen molar-refractivity contribution in [2.75, 3.05) is 13.6 Å². The molecule has 2 aliphatic rings.